The molecule has 7 nitrogen and oxygen atoms in total. The molecule has 0 unspecified atom stereocenters. The minimum atomic E-state index is -3.51. The highest BCUT2D eigenvalue weighted by Gasteiger charge is 2.35. The van der Waals surface area contributed by atoms with Crippen molar-refractivity contribution in [1.82, 2.24) is 14.9 Å². The van der Waals surface area contributed by atoms with Gasteiger partial charge in [-0.3, -0.25) is 19.1 Å². The van der Waals surface area contributed by atoms with Gasteiger partial charge < -0.3 is 4.90 Å². The van der Waals surface area contributed by atoms with Gasteiger partial charge in [0.25, 0.3) is 5.91 Å². The molecule has 1 aromatic carbocycles. The lowest BCUT2D eigenvalue weighted by molar-refractivity contribution is 0.0764. The molecule has 0 bridgehead atoms. The van der Waals surface area contributed by atoms with E-state index >= 15 is 0 Å². The van der Waals surface area contributed by atoms with Crippen molar-refractivity contribution in [1.29, 1.82) is 0 Å². The first-order valence-electron chi connectivity index (χ1n) is 8.82. The number of fused-ring (bicyclic) bond motifs is 2. The van der Waals surface area contributed by atoms with Crippen molar-refractivity contribution in [2.45, 2.75) is 20.0 Å². The molecule has 2 aromatic heterocycles. The average Bonchev–Trinajstić information content (AvgIpc) is 2.98. The third-order valence-corrected chi connectivity index (χ3v) is 6.30. The molecular formula is C20H20N4O3S. The van der Waals surface area contributed by atoms with Crippen LogP contribution in [0.25, 0.3) is 10.9 Å². The van der Waals surface area contributed by atoms with Crippen molar-refractivity contribution in [2.75, 3.05) is 17.6 Å². The summed E-state index contributed by atoms with van der Waals surface area (Å²) in [4.78, 5) is 23.6. The topological polar surface area (TPSA) is 83.5 Å². The van der Waals surface area contributed by atoms with Crippen LogP contribution in [-0.2, 0) is 23.1 Å². The molecule has 0 fully saturated rings. The first-order chi connectivity index (χ1) is 13.3. The van der Waals surface area contributed by atoms with E-state index in [-0.39, 0.29) is 5.91 Å². The van der Waals surface area contributed by atoms with Crippen molar-refractivity contribution in [3.8, 4) is 0 Å². The van der Waals surface area contributed by atoms with Gasteiger partial charge in [-0.1, -0.05) is 6.07 Å². The van der Waals surface area contributed by atoms with Gasteiger partial charge in [-0.05, 0) is 36.8 Å². The summed E-state index contributed by atoms with van der Waals surface area (Å²) in [7, 11) is -2.00. The number of hydrogen-bond acceptors (Lipinski definition) is 5. The summed E-state index contributed by atoms with van der Waals surface area (Å²) in [5.74, 6) is -0.131. The Balaban J connectivity index is 1.92. The summed E-state index contributed by atoms with van der Waals surface area (Å²) < 4.78 is 25.9. The molecule has 1 amide bonds. The van der Waals surface area contributed by atoms with E-state index in [0.29, 0.717) is 35.4 Å². The largest absolute Gasteiger partial charge is 0.328 e. The fourth-order valence-electron chi connectivity index (χ4n) is 3.73. The molecule has 0 atom stereocenters. The van der Waals surface area contributed by atoms with Crippen LogP contribution < -0.4 is 4.31 Å². The van der Waals surface area contributed by atoms with E-state index < -0.39 is 10.0 Å². The number of benzene rings is 1. The minimum absolute atomic E-state index is 0.131. The second-order valence-corrected chi connectivity index (χ2v) is 8.95. The molecule has 1 aliphatic rings. The molecule has 4 rings (SSSR count). The first-order valence-corrected chi connectivity index (χ1v) is 10.7. The highest BCUT2D eigenvalue weighted by Crippen LogP contribution is 2.41. The molecule has 144 valence electrons. The van der Waals surface area contributed by atoms with Crippen molar-refractivity contribution in [3.05, 3.63) is 65.1 Å². The van der Waals surface area contributed by atoms with Gasteiger partial charge in [-0.2, -0.15) is 0 Å². The minimum Gasteiger partial charge on any atom is -0.328 e. The van der Waals surface area contributed by atoms with Crippen molar-refractivity contribution < 1.29 is 13.2 Å². The SMILES string of the molecule is Cc1c2c(c(N(C)S(C)(=O)=O)c3cccnc13)CN(Cc1ccccn1)C2=O. The zero-order chi connectivity index (χ0) is 20.1. The predicted molar refractivity (Wildman–Crippen MR) is 108 cm³/mol. The number of amides is 1. The quantitative estimate of drug-likeness (QED) is 0.677. The number of carbonyl (C=O) groups is 1. The number of pyridine rings is 2. The molecule has 0 saturated heterocycles. The standard InChI is InChI=1S/C20H20N4O3S/c1-13-17-16(12-24(20(17)25)11-14-7-4-5-9-21-14)19(23(2)28(3,26)27)15-8-6-10-22-18(13)15/h4-10H,11-12H2,1-3H3. The monoisotopic (exact) mass is 396 g/mol. The Morgan fingerprint density at radius 1 is 1.14 bits per heavy atom. The second kappa shape index (κ2) is 6.56. The van der Waals surface area contributed by atoms with Gasteiger partial charge in [0.1, 0.15) is 0 Å². The molecule has 3 aromatic rings. The Bertz CT molecular complexity index is 1190. The maximum atomic E-state index is 13.2. The van der Waals surface area contributed by atoms with Crippen molar-refractivity contribution >= 4 is 32.5 Å². The van der Waals surface area contributed by atoms with Crippen LogP contribution in [0.15, 0.2) is 42.7 Å². The van der Waals surface area contributed by atoms with Crippen LogP contribution in [0, 0.1) is 6.92 Å². The number of nitrogens with zero attached hydrogens (tertiary/aromatic N) is 4. The number of aryl methyl sites for hydroxylation is 1. The lowest BCUT2D eigenvalue weighted by Crippen LogP contribution is -2.26. The van der Waals surface area contributed by atoms with Crippen molar-refractivity contribution in [3.63, 3.8) is 0 Å². The number of hydrogen-bond donors (Lipinski definition) is 0. The fraction of sp³-hybridized carbons (Fsp3) is 0.250. The van der Waals surface area contributed by atoms with E-state index in [1.54, 1.807) is 23.4 Å². The number of anilines is 1. The number of sulfonamides is 1. The lowest BCUT2D eigenvalue weighted by atomic mass is 9.97. The van der Waals surface area contributed by atoms with Gasteiger partial charge in [-0.25, -0.2) is 8.42 Å². The third kappa shape index (κ3) is 2.90. The number of rotatable bonds is 4. The van der Waals surface area contributed by atoms with Gasteiger partial charge in [0.05, 0.1) is 35.3 Å². The van der Waals surface area contributed by atoms with E-state index in [1.807, 2.05) is 31.2 Å². The highest BCUT2D eigenvalue weighted by molar-refractivity contribution is 7.92. The maximum absolute atomic E-state index is 13.2. The van der Waals surface area contributed by atoms with Crippen LogP contribution in [0.5, 0.6) is 0 Å². The van der Waals surface area contributed by atoms with Gasteiger partial charge in [0.15, 0.2) is 0 Å². The molecule has 8 heteroatoms. The molecule has 0 saturated carbocycles. The Kier molecular flexibility index (Phi) is 4.30. The van der Waals surface area contributed by atoms with E-state index in [4.69, 9.17) is 0 Å². The average molecular weight is 396 g/mol. The summed E-state index contributed by atoms with van der Waals surface area (Å²) in [5, 5.41) is 0.721. The summed E-state index contributed by atoms with van der Waals surface area (Å²) >= 11 is 0. The zero-order valence-corrected chi connectivity index (χ0v) is 16.7. The Labute approximate surface area is 163 Å². The molecular weight excluding hydrogens is 376 g/mol. The summed E-state index contributed by atoms with van der Waals surface area (Å²) in [6.07, 6.45) is 4.50. The fourth-order valence-corrected chi connectivity index (χ4v) is 4.27. The smallest absolute Gasteiger partial charge is 0.255 e. The Morgan fingerprint density at radius 3 is 2.57 bits per heavy atom. The van der Waals surface area contributed by atoms with E-state index in [0.717, 1.165) is 22.9 Å². The van der Waals surface area contributed by atoms with Crippen LogP contribution in [0.2, 0.25) is 0 Å². The third-order valence-electron chi connectivity index (χ3n) is 5.12. The summed E-state index contributed by atoms with van der Waals surface area (Å²) in [6.45, 7) is 2.55. The van der Waals surface area contributed by atoms with Gasteiger partial charge in [0, 0.05) is 36.9 Å². The van der Waals surface area contributed by atoms with Crippen LogP contribution in [0.4, 0.5) is 5.69 Å². The van der Waals surface area contributed by atoms with Gasteiger partial charge in [0.2, 0.25) is 10.0 Å². The molecule has 0 N–H and O–H groups in total. The van der Waals surface area contributed by atoms with Crippen LogP contribution in [-0.4, -0.2) is 42.5 Å². The molecule has 28 heavy (non-hydrogen) atoms. The predicted octanol–water partition coefficient (Wildman–Crippen LogP) is 2.49. The van der Waals surface area contributed by atoms with Gasteiger partial charge in [-0.15, -0.1) is 0 Å². The molecule has 3 heterocycles. The van der Waals surface area contributed by atoms with Gasteiger partial charge >= 0.3 is 0 Å². The van der Waals surface area contributed by atoms with Crippen LogP contribution in [0.3, 0.4) is 0 Å². The number of aromatic nitrogens is 2. The van der Waals surface area contributed by atoms with Crippen LogP contribution in [0.1, 0.15) is 27.2 Å². The zero-order valence-electron chi connectivity index (χ0n) is 15.9. The lowest BCUT2D eigenvalue weighted by Gasteiger charge is -2.23. The summed E-state index contributed by atoms with van der Waals surface area (Å²) in [5.41, 5.74) is 3.95. The number of carbonyl (C=O) groups excluding carboxylic acids is 1. The normalized spacial score (nSPS) is 13.8. The molecule has 0 aliphatic carbocycles. The summed E-state index contributed by atoms with van der Waals surface area (Å²) in [6, 6.07) is 9.19. The highest BCUT2D eigenvalue weighted by atomic mass is 32.2. The van der Waals surface area contributed by atoms with Crippen molar-refractivity contribution in [2.24, 2.45) is 0 Å². The van der Waals surface area contributed by atoms with E-state index in [1.165, 1.54) is 11.4 Å². The molecule has 0 radical (unpaired) electrons. The van der Waals surface area contributed by atoms with E-state index in [9.17, 15) is 13.2 Å². The Hall–Kier alpha value is -3.00. The Morgan fingerprint density at radius 2 is 1.89 bits per heavy atom. The first kappa shape index (κ1) is 18.4. The van der Waals surface area contributed by atoms with E-state index in [2.05, 4.69) is 9.97 Å². The second-order valence-electron chi connectivity index (χ2n) is 6.94. The van der Waals surface area contributed by atoms with Crippen LogP contribution >= 0.6 is 0 Å². The maximum Gasteiger partial charge on any atom is 0.255 e. The molecule has 0 spiro atoms. The molecule has 1 aliphatic heterocycles.